The second-order valence-corrected chi connectivity index (χ2v) is 7.96. The number of carbonyl (C=O) groups excluding carboxylic acids is 3. The molecule has 3 aromatic carbocycles. The molecule has 0 unspecified atom stereocenters. The van der Waals surface area contributed by atoms with Crippen LogP contribution in [0, 0.1) is 13.8 Å². The van der Waals surface area contributed by atoms with E-state index in [0.717, 1.165) is 11.1 Å². The largest absolute Gasteiger partial charge is 0.493 e. The summed E-state index contributed by atoms with van der Waals surface area (Å²) < 4.78 is 1.37. The van der Waals surface area contributed by atoms with Crippen LogP contribution in [-0.2, 0) is 20.9 Å². The molecule has 0 fully saturated rings. The molecular formula is C26H23N5O4. The molecule has 0 atom stereocenters. The summed E-state index contributed by atoms with van der Waals surface area (Å²) in [5.41, 5.74) is 3.47. The van der Waals surface area contributed by atoms with Crippen molar-refractivity contribution in [3.63, 3.8) is 0 Å². The van der Waals surface area contributed by atoms with Gasteiger partial charge in [0.1, 0.15) is 6.54 Å². The Morgan fingerprint density at radius 1 is 0.886 bits per heavy atom. The lowest BCUT2D eigenvalue weighted by Crippen LogP contribution is -2.21. The first-order chi connectivity index (χ1) is 16.8. The van der Waals surface area contributed by atoms with Gasteiger partial charge >= 0.3 is 11.8 Å². The molecule has 0 saturated carbocycles. The topological polar surface area (TPSA) is 125 Å². The molecule has 0 aliphatic heterocycles. The third kappa shape index (κ3) is 5.25. The molecule has 4 aromatic rings. The zero-order chi connectivity index (χ0) is 24.9. The summed E-state index contributed by atoms with van der Waals surface area (Å²) in [6.07, 6.45) is 0. The van der Waals surface area contributed by atoms with E-state index in [1.54, 1.807) is 61.5 Å². The van der Waals surface area contributed by atoms with Crippen LogP contribution in [0.4, 0.5) is 17.1 Å². The van der Waals surface area contributed by atoms with Gasteiger partial charge in [-0.2, -0.15) is 0 Å². The van der Waals surface area contributed by atoms with E-state index in [0.29, 0.717) is 22.3 Å². The van der Waals surface area contributed by atoms with E-state index in [9.17, 15) is 19.5 Å². The van der Waals surface area contributed by atoms with Gasteiger partial charge in [0.25, 0.3) is 0 Å². The van der Waals surface area contributed by atoms with Crippen LogP contribution in [0.25, 0.3) is 10.9 Å². The highest BCUT2D eigenvalue weighted by Crippen LogP contribution is 2.38. The first-order valence-corrected chi connectivity index (χ1v) is 10.8. The Morgan fingerprint density at radius 3 is 2.31 bits per heavy atom. The molecule has 0 aliphatic carbocycles. The SMILES string of the molecule is Cc1ccc(NC(=O)Cn2c(O)c(N=NC(=O)C(=O)Nc3ccccc3C)c3ccccc32)cc1. The molecule has 176 valence electrons. The monoisotopic (exact) mass is 469 g/mol. The van der Waals surface area contributed by atoms with Crippen LogP contribution in [0.1, 0.15) is 11.1 Å². The van der Waals surface area contributed by atoms with Gasteiger partial charge in [-0.3, -0.25) is 14.4 Å². The van der Waals surface area contributed by atoms with E-state index < -0.39 is 11.8 Å². The standard InChI is InChI=1S/C26H23N5O4/c1-16-11-13-18(14-12-16)27-22(32)15-31-21-10-6-4-8-19(21)23(26(31)35)29-30-25(34)24(33)28-20-9-5-3-7-17(20)2/h3-14,35H,15H2,1-2H3,(H,27,32)(H,28,33). The fraction of sp³-hybridized carbons (Fsp3) is 0.115. The number of benzene rings is 3. The van der Waals surface area contributed by atoms with Gasteiger partial charge < -0.3 is 20.3 Å². The molecule has 0 bridgehead atoms. The Bertz CT molecular complexity index is 1450. The van der Waals surface area contributed by atoms with Crippen LogP contribution < -0.4 is 10.6 Å². The Morgan fingerprint density at radius 2 is 1.57 bits per heavy atom. The molecule has 0 spiro atoms. The van der Waals surface area contributed by atoms with Crippen molar-refractivity contribution in [1.29, 1.82) is 0 Å². The molecule has 0 aliphatic rings. The normalized spacial score (nSPS) is 11.0. The third-order valence-corrected chi connectivity index (χ3v) is 5.38. The second-order valence-electron chi connectivity index (χ2n) is 7.96. The minimum absolute atomic E-state index is 0.0132. The average Bonchev–Trinajstić information content (AvgIpc) is 3.11. The second kappa shape index (κ2) is 10.0. The lowest BCUT2D eigenvalue weighted by atomic mass is 10.2. The molecule has 9 nitrogen and oxygen atoms in total. The maximum Gasteiger partial charge on any atom is 0.353 e. The van der Waals surface area contributed by atoms with Gasteiger partial charge in [-0.05, 0) is 43.7 Å². The van der Waals surface area contributed by atoms with Crippen molar-refractivity contribution in [2.24, 2.45) is 10.2 Å². The highest BCUT2D eigenvalue weighted by atomic mass is 16.3. The van der Waals surface area contributed by atoms with Gasteiger partial charge in [0.2, 0.25) is 11.8 Å². The van der Waals surface area contributed by atoms with E-state index in [4.69, 9.17) is 0 Å². The minimum atomic E-state index is -1.12. The number of amides is 3. The van der Waals surface area contributed by atoms with Crippen LogP contribution in [0.5, 0.6) is 5.88 Å². The fourth-order valence-corrected chi connectivity index (χ4v) is 3.54. The van der Waals surface area contributed by atoms with Crippen molar-refractivity contribution < 1.29 is 19.5 Å². The smallest absolute Gasteiger partial charge is 0.353 e. The molecule has 35 heavy (non-hydrogen) atoms. The van der Waals surface area contributed by atoms with Crippen molar-refractivity contribution >= 4 is 45.7 Å². The zero-order valence-electron chi connectivity index (χ0n) is 19.1. The summed E-state index contributed by atoms with van der Waals surface area (Å²) in [6, 6.07) is 21.2. The first-order valence-electron chi connectivity index (χ1n) is 10.8. The Kier molecular flexibility index (Phi) is 6.68. The Balaban J connectivity index is 1.55. The van der Waals surface area contributed by atoms with Crippen LogP contribution in [0.3, 0.4) is 0 Å². The van der Waals surface area contributed by atoms with Crippen LogP contribution in [-0.4, -0.2) is 27.4 Å². The number of fused-ring (bicyclic) bond motifs is 1. The predicted octanol–water partition coefficient (Wildman–Crippen LogP) is 4.85. The summed E-state index contributed by atoms with van der Waals surface area (Å²) in [5.74, 6) is -2.78. The average molecular weight is 470 g/mol. The molecule has 1 heterocycles. The summed E-state index contributed by atoms with van der Waals surface area (Å²) in [6.45, 7) is 3.55. The lowest BCUT2D eigenvalue weighted by Gasteiger charge is -2.08. The van der Waals surface area contributed by atoms with Gasteiger partial charge in [0, 0.05) is 16.8 Å². The summed E-state index contributed by atoms with van der Waals surface area (Å²) in [7, 11) is 0. The molecule has 0 saturated heterocycles. The summed E-state index contributed by atoms with van der Waals surface area (Å²) >= 11 is 0. The number of hydrogen-bond acceptors (Lipinski definition) is 5. The minimum Gasteiger partial charge on any atom is -0.493 e. The number of aromatic hydroxyl groups is 1. The molecule has 9 heteroatoms. The van der Waals surface area contributed by atoms with Crippen LogP contribution >= 0.6 is 0 Å². The van der Waals surface area contributed by atoms with E-state index in [1.165, 1.54) is 4.57 Å². The quantitative estimate of drug-likeness (QED) is 0.285. The zero-order valence-corrected chi connectivity index (χ0v) is 19.1. The number of azo groups is 1. The van der Waals surface area contributed by atoms with Crippen molar-refractivity contribution in [3.05, 3.63) is 83.9 Å². The molecule has 0 radical (unpaired) electrons. The number of nitrogens with one attached hydrogen (secondary N) is 2. The van der Waals surface area contributed by atoms with Crippen molar-refractivity contribution in [1.82, 2.24) is 4.57 Å². The van der Waals surface area contributed by atoms with E-state index in [-0.39, 0.29) is 24.0 Å². The number of rotatable bonds is 5. The van der Waals surface area contributed by atoms with Crippen molar-refractivity contribution in [2.75, 3.05) is 10.6 Å². The number of aromatic nitrogens is 1. The predicted molar refractivity (Wildman–Crippen MR) is 133 cm³/mol. The number of carbonyl (C=O) groups is 3. The third-order valence-electron chi connectivity index (χ3n) is 5.38. The fourth-order valence-electron chi connectivity index (χ4n) is 3.54. The van der Waals surface area contributed by atoms with Crippen LogP contribution in [0.15, 0.2) is 83.0 Å². The first kappa shape index (κ1) is 23.4. The summed E-state index contributed by atoms with van der Waals surface area (Å²) in [4.78, 5) is 37.1. The maximum atomic E-state index is 12.6. The van der Waals surface area contributed by atoms with Gasteiger partial charge in [0.05, 0.1) is 5.52 Å². The van der Waals surface area contributed by atoms with Gasteiger partial charge in [-0.15, -0.1) is 10.2 Å². The van der Waals surface area contributed by atoms with E-state index >= 15 is 0 Å². The molecule has 4 rings (SSSR count). The van der Waals surface area contributed by atoms with E-state index in [2.05, 4.69) is 20.9 Å². The number of para-hydroxylation sites is 2. The van der Waals surface area contributed by atoms with Gasteiger partial charge in [-0.25, -0.2) is 0 Å². The van der Waals surface area contributed by atoms with Crippen molar-refractivity contribution in [2.45, 2.75) is 20.4 Å². The number of anilines is 2. The van der Waals surface area contributed by atoms with Gasteiger partial charge in [-0.1, -0.05) is 54.1 Å². The maximum absolute atomic E-state index is 12.6. The number of aryl methyl sites for hydroxylation is 2. The molecular weight excluding hydrogens is 446 g/mol. The molecule has 3 amide bonds. The summed E-state index contributed by atoms with van der Waals surface area (Å²) in [5, 5.41) is 23.9. The van der Waals surface area contributed by atoms with Crippen LogP contribution in [0.2, 0.25) is 0 Å². The van der Waals surface area contributed by atoms with Crippen molar-refractivity contribution in [3.8, 4) is 5.88 Å². The molecule has 1 aromatic heterocycles. The highest BCUT2D eigenvalue weighted by molar-refractivity contribution is 6.40. The Hall–Kier alpha value is -4.79. The van der Waals surface area contributed by atoms with Gasteiger partial charge in [0.15, 0.2) is 5.69 Å². The highest BCUT2D eigenvalue weighted by Gasteiger charge is 2.20. The molecule has 3 N–H and O–H groups in total. The Labute approximate surface area is 201 Å². The van der Waals surface area contributed by atoms with E-state index in [1.807, 2.05) is 25.1 Å². The number of nitrogens with zero attached hydrogens (tertiary/aromatic N) is 3. The number of hydrogen-bond donors (Lipinski definition) is 3. The lowest BCUT2D eigenvalue weighted by molar-refractivity contribution is -0.134.